The highest BCUT2D eigenvalue weighted by Crippen LogP contribution is 2.20. The molecule has 2 aromatic carbocycles. The highest BCUT2D eigenvalue weighted by atomic mass is 79.9. The van der Waals surface area contributed by atoms with E-state index >= 15 is 0 Å². The van der Waals surface area contributed by atoms with Crippen molar-refractivity contribution in [1.82, 2.24) is 20.5 Å². The summed E-state index contributed by atoms with van der Waals surface area (Å²) in [5.74, 6) is 0.0160. The van der Waals surface area contributed by atoms with Crippen molar-refractivity contribution < 1.29 is 14.0 Å². The van der Waals surface area contributed by atoms with Crippen LogP contribution in [0.4, 0.5) is 10.1 Å². The molecule has 0 fully saturated rings. The molecule has 28 heavy (non-hydrogen) atoms. The van der Waals surface area contributed by atoms with Gasteiger partial charge in [0.1, 0.15) is 11.6 Å². The Kier molecular flexibility index (Phi) is 6.15. The third-order valence-corrected chi connectivity index (χ3v) is 4.50. The second kappa shape index (κ2) is 8.75. The fraction of sp³-hybridized carbons (Fsp3) is 0.158. The number of nitrogens with one attached hydrogen (secondary N) is 3. The average molecular weight is 446 g/mol. The van der Waals surface area contributed by atoms with Crippen LogP contribution in [-0.4, -0.2) is 33.5 Å². The number of rotatable bonds is 6. The van der Waals surface area contributed by atoms with Crippen molar-refractivity contribution in [2.24, 2.45) is 0 Å². The van der Waals surface area contributed by atoms with E-state index < -0.39 is 11.7 Å². The molecule has 9 heteroatoms. The number of hydrogen-bond donors (Lipinski definition) is 3. The Bertz CT molecular complexity index is 1020. The van der Waals surface area contributed by atoms with Gasteiger partial charge < -0.3 is 10.6 Å². The molecule has 0 saturated carbocycles. The lowest BCUT2D eigenvalue weighted by Crippen LogP contribution is -2.28. The van der Waals surface area contributed by atoms with Gasteiger partial charge in [-0.2, -0.15) is 5.10 Å². The minimum Gasteiger partial charge on any atom is -0.351 e. The molecule has 0 aliphatic heterocycles. The average Bonchev–Trinajstić information content (AvgIpc) is 3.10. The molecule has 3 rings (SSSR count). The molecular formula is C19H17BrFN5O2. The first kappa shape index (κ1) is 19.7. The molecule has 144 valence electrons. The molecule has 1 heterocycles. The SMILES string of the molecule is Cc1nc(-c2cccc(NC(=O)CCNC(=O)c3cc(F)ccc3Br)c2)n[nH]1. The summed E-state index contributed by atoms with van der Waals surface area (Å²) in [6, 6.07) is 11.0. The van der Waals surface area contributed by atoms with Crippen LogP contribution in [0.1, 0.15) is 22.6 Å². The van der Waals surface area contributed by atoms with Crippen molar-refractivity contribution >= 4 is 33.4 Å². The number of halogens is 2. The third-order valence-electron chi connectivity index (χ3n) is 3.81. The van der Waals surface area contributed by atoms with Gasteiger partial charge in [0.05, 0.1) is 5.56 Å². The first-order valence-electron chi connectivity index (χ1n) is 8.45. The van der Waals surface area contributed by atoms with Gasteiger partial charge in [-0.05, 0) is 53.2 Å². The summed E-state index contributed by atoms with van der Waals surface area (Å²) >= 11 is 3.20. The number of aromatic amines is 1. The van der Waals surface area contributed by atoms with Gasteiger partial charge in [-0.3, -0.25) is 14.7 Å². The normalized spacial score (nSPS) is 10.5. The number of anilines is 1. The Balaban J connectivity index is 1.53. The monoisotopic (exact) mass is 445 g/mol. The number of hydrogen-bond acceptors (Lipinski definition) is 4. The molecule has 0 aliphatic rings. The summed E-state index contributed by atoms with van der Waals surface area (Å²) in [5.41, 5.74) is 1.55. The molecule has 3 aromatic rings. The molecule has 0 radical (unpaired) electrons. The van der Waals surface area contributed by atoms with Crippen molar-refractivity contribution in [2.75, 3.05) is 11.9 Å². The molecule has 1 aromatic heterocycles. The summed E-state index contributed by atoms with van der Waals surface area (Å²) in [6.45, 7) is 1.92. The lowest BCUT2D eigenvalue weighted by atomic mass is 10.2. The highest BCUT2D eigenvalue weighted by molar-refractivity contribution is 9.10. The van der Waals surface area contributed by atoms with Gasteiger partial charge in [0, 0.05) is 28.7 Å². The summed E-state index contributed by atoms with van der Waals surface area (Å²) in [7, 11) is 0. The van der Waals surface area contributed by atoms with Crippen LogP contribution in [0.3, 0.4) is 0 Å². The standard InChI is InChI=1S/C19H17BrFN5O2/c1-11-23-18(26-25-11)12-3-2-4-14(9-12)24-17(27)7-8-22-19(28)15-10-13(21)5-6-16(15)20/h2-6,9-10H,7-8H2,1H3,(H,22,28)(H,24,27)(H,23,25,26). The summed E-state index contributed by atoms with van der Waals surface area (Å²) < 4.78 is 13.8. The van der Waals surface area contributed by atoms with Crippen LogP contribution in [0, 0.1) is 12.7 Å². The molecule has 7 nitrogen and oxygen atoms in total. The minimum absolute atomic E-state index is 0.0721. The van der Waals surface area contributed by atoms with Gasteiger partial charge >= 0.3 is 0 Å². The summed E-state index contributed by atoms with van der Waals surface area (Å²) in [5, 5.41) is 12.2. The zero-order valence-corrected chi connectivity index (χ0v) is 16.5. The van der Waals surface area contributed by atoms with Gasteiger partial charge in [-0.15, -0.1) is 0 Å². The Morgan fingerprint density at radius 1 is 1.21 bits per heavy atom. The van der Waals surface area contributed by atoms with Crippen molar-refractivity contribution in [1.29, 1.82) is 0 Å². The molecule has 0 aliphatic carbocycles. The number of carbonyl (C=O) groups is 2. The first-order valence-corrected chi connectivity index (χ1v) is 9.24. The van der Waals surface area contributed by atoms with Crippen molar-refractivity contribution in [3.05, 3.63) is 64.1 Å². The van der Waals surface area contributed by atoms with E-state index in [0.717, 1.165) is 11.6 Å². The van der Waals surface area contributed by atoms with Gasteiger partial charge in [-0.1, -0.05) is 12.1 Å². The summed E-state index contributed by atoms with van der Waals surface area (Å²) in [6.07, 6.45) is 0.0721. The maximum atomic E-state index is 13.3. The molecule has 0 atom stereocenters. The Labute approximate surface area is 168 Å². The van der Waals surface area contributed by atoms with Crippen molar-refractivity contribution in [2.45, 2.75) is 13.3 Å². The van der Waals surface area contributed by atoms with E-state index in [1.54, 1.807) is 25.1 Å². The number of H-pyrrole nitrogens is 1. The van der Waals surface area contributed by atoms with E-state index in [9.17, 15) is 14.0 Å². The van der Waals surface area contributed by atoms with E-state index in [4.69, 9.17) is 0 Å². The maximum absolute atomic E-state index is 13.3. The van der Waals surface area contributed by atoms with Crippen molar-refractivity contribution in [3.63, 3.8) is 0 Å². The van der Waals surface area contributed by atoms with E-state index in [1.807, 2.05) is 6.07 Å². The Morgan fingerprint density at radius 3 is 2.79 bits per heavy atom. The van der Waals surface area contributed by atoms with Crippen LogP contribution in [0.25, 0.3) is 11.4 Å². The van der Waals surface area contributed by atoms with Crippen LogP contribution in [0.5, 0.6) is 0 Å². The van der Waals surface area contributed by atoms with E-state index in [0.29, 0.717) is 21.8 Å². The molecule has 0 bridgehead atoms. The van der Waals surface area contributed by atoms with E-state index in [2.05, 4.69) is 41.7 Å². The first-order chi connectivity index (χ1) is 13.4. The predicted molar refractivity (Wildman–Crippen MR) is 106 cm³/mol. The largest absolute Gasteiger partial charge is 0.351 e. The zero-order chi connectivity index (χ0) is 20.1. The lowest BCUT2D eigenvalue weighted by molar-refractivity contribution is -0.116. The fourth-order valence-electron chi connectivity index (χ4n) is 2.49. The van der Waals surface area contributed by atoms with E-state index in [-0.39, 0.29) is 24.4 Å². The summed E-state index contributed by atoms with van der Waals surface area (Å²) in [4.78, 5) is 28.5. The lowest BCUT2D eigenvalue weighted by Gasteiger charge is -2.08. The van der Waals surface area contributed by atoms with Crippen molar-refractivity contribution in [3.8, 4) is 11.4 Å². The van der Waals surface area contributed by atoms with Crippen LogP contribution in [0.2, 0.25) is 0 Å². The minimum atomic E-state index is -0.507. The number of aryl methyl sites for hydroxylation is 1. The van der Waals surface area contributed by atoms with Gasteiger partial charge in [0.15, 0.2) is 5.82 Å². The smallest absolute Gasteiger partial charge is 0.252 e. The topological polar surface area (TPSA) is 99.8 Å². The van der Waals surface area contributed by atoms with Gasteiger partial charge in [0.25, 0.3) is 5.91 Å². The number of benzene rings is 2. The quantitative estimate of drug-likeness (QED) is 0.540. The van der Waals surface area contributed by atoms with Gasteiger partial charge in [0.2, 0.25) is 5.91 Å². The second-order valence-electron chi connectivity index (χ2n) is 6.00. The van der Waals surface area contributed by atoms with Crippen LogP contribution in [0.15, 0.2) is 46.9 Å². The molecule has 3 N–H and O–H groups in total. The van der Waals surface area contributed by atoms with Crippen LogP contribution >= 0.6 is 15.9 Å². The van der Waals surface area contributed by atoms with Crippen LogP contribution < -0.4 is 10.6 Å². The fourth-order valence-corrected chi connectivity index (χ4v) is 2.91. The zero-order valence-electron chi connectivity index (χ0n) is 14.9. The Morgan fingerprint density at radius 2 is 2.04 bits per heavy atom. The predicted octanol–water partition coefficient (Wildman–Crippen LogP) is 3.44. The molecule has 0 unspecified atom stereocenters. The number of nitrogens with zero attached hydrogens (tertiary/aromatic N) is 2. The molecule has 2 amide bonds. The van der Waals surface area contributed by atoms with Gasteiger partial charge in [-0.25, -0.2) is 9.37 Å². The number of amides is 2. The second-order valence-corrected chi connectivity index (χ2v) is 6.86. The molecule has 0 spiro atoms. The Hall–Kier alpha value is -3.07. The number of carbonyl (C=O) groups excluding carboxylic acids is 2. The molecular weight excluding hydrogens is 429 g/mol. The van der Waals surface area contributed by atoms with E-state index in [1.165, 1.54) is 12.1 Å². The maximum Gasteiger partial charge on any atom is 0.252 e. The number of aromatic nitrogens is 3. The third kappa shape index (κ3) is 5.01. The highest BCUT2D eigenvalue weighted by Gasteiger charge is 2.12. The van der Waals surface area contributed by atoms with Crippen LogP contribution in [-0.2, 0) is 4.79 Å². The molecule has 0 saturated heterocycles.